The highest BCUT2D eigenvalue weighted by atomic mass is 15.2. The largest absolute Gasteiger partial charge is 0.356 e. The second-order valence-corrected chi connectivity index (χ2v) is 8.68. The molecule has 2 fully saturated rings. The average molecular weight is 347 g/mol. The first-order valence-corrected chi connectivity index (χ1v) is 9.60. The van der Waals surface area contributed by atoms with Crippen molar-refractivity contribution < 1.29 is 0 Å². The lowest BCUT2D eigenvalue weighted by atomic mass is 9.49. The lowest BCUT2D eigenvalue weighted by Crippen LogP contribution is -2.23. The van der Waals surface area contributed by atoms with Crippen LogP contribution in [0.15, 0.2) is 24.5 Å². The summed E-state index contributed by atoms with van der Waals surface area (Å²) in [6, 6.07) is 4.30. The van der Waals surface area contributed by atoms with Crippen molar-refractivity contribution in [1.82, 2.24) is 14.8 Å². The zero-order valence-corrected chi connectivity index (χ0v) is 15.9. The van der Waals surface area contributed by atoms with Crippen molar-refractivity contribution in [2.24, 2.45) is 12.5 Å². The minimum atomic E-state index is 0.177. The Balaban J connectivity index is 1.71. The molecular formula is C20H26BN5. The predicted octanol–water partition coefficient (Wildman–Crippen LogP) is 3.76. The summed E-state index contributed by atoms with van der Waals surface area (Å²) in [6.07, 6.45) is 8.23. The van der Waals surface area contributed by atoms with E-state index in [9.17, 15) is 5.26 Å². The molecule has 1 unspecified atom stereocenters. The molecule has 134 valence electrons. The van der Waals surface area contributed by atoms with Gasteiger partial charge in [-0.15, -0.1) is 0 Å². The lowest BCUT2D eigenvalue weighted by Gasteiger charge is -2.23. The van der Waals surface area contributed by atoms with Crippen LogP contribution in [0.3, 0.4) is 0 Å². The first-order valence-electron chi connectivity index (χ1n) is 9.60. The second-order valence-electron chi connectivity index (χ2n) is 8.68. The van der Waals surface area contributed by atoms with Gasteiger partial charge >= 0.3 is 0 Å². The molecular weight excluding hydrogens is 321 g/mol. The minimum absolute atomic E-state index is 0.177. The highest BCUT2D eigenvalue weighted by Crippen LogP contribution is 2.41. The first-order chi connectivity index (χ1) is 12.4. The Kier molecular flexibility index (Phi) is 4.26. The number of hydrogen-bond donors (Lipinski definition) is 0. The molecule has 2 aromatic rings. The Morgan fingerprint density at radius 3 is 2.85 bits per heavy atom. The average Bonchev–Trinajstić information content (AvgIpc) is 3.34. The van der Waals surface area contributed by atoms with Crippen molar-refractivity contribution >= 4 is 12.5 Å². The molecule has 6 heteroatoms. The fraction of sp³-hybridized carbons (Fsp3) is 0.550. The maximum absolute atomic E-state index is 9.27. The molecule has 26 heavy (non-hydrogen) atoms. The fourth-order valence-corrected chi connectivity index (χ4v) is 4.42. The number of nitriles is 1. The Bertz CT molecular complexity index is 850. The molecule has 5 nitrogen and oxygen atoms in total. The predicted molar refractivity (Wildman–Crippen MR) is 105 cm³/mol. The number of anilines is 1. The van der Waals surface area contributed by atoms with E-state index in [0.717, 1.165) is 43.7 Å². The third kappa shape index (κ3) is 3.23. The van der Waals surface area contributed by atoms with Crippen LogP contribution in [-0.4, -0.2) is 34.6 Å². The molecule has 0 aromatic carbocycles. The first kappa shape index (κ1) is 17.1. The minimum Gasteiger partial charge on any atom is -0.356 e. The molecule has 0 spiro atoms. The summed E-state index contributed by atoms with van der Waals surface area (Å²) in [7, 11) is 1.95. The molecule has 2 saturated heterocycles. The smallest absolute Gasteiger partial charge is 0.268 e. The highest BCUT2D eigenvalue weighted by molar-refractivity contribution is 6.67. The molecule has 0 aliphatic carbocycles. The number of rotatable bonds is 3. The highest BCUT2D eigenvalue weighted by Gasteiger charge is 2.33. The molecule has 1 atom stereocenters. The fourth-order valence-electron chi connectivity index (χ4n) is 4.42. The van der Waals surface area contributed by atoms with Gasteiger partial charge in [0.25, 0.3) is 6.71 Å². The van der Waals surface area contributed by atoms with Gasteiger partial charge in [0.1, 0.15) is 5.82 Å². The summed E-state index contributed by atoms with van der Waals surface area (Å²) >= 11 is 0. The standard InChI is InChI=1S/C20H26BN5/c1-20(2)6-9-26(13-20)19-10-16(18-5-8-25(3)24-18)17(12-23-19)15-4-7-21(11-15)14-22/h5,8,10,12,15H,4,6-7,9,11,13H2,1-3H3. The van der Waals surface area contributed by atoms with E-state index in [-0.39, 0.29) is 6.71 Å². The summed E-state index contributed by atoms with van der Waals surface area (Å²) in [5.74, 6) is 3.90. The molecule has 0 radical (unpaired) electrons. The molecule has 2 aliphatic heterocycles. The van der Waals surface area contributed by atoms with Crippen LogP contribution in [0.25, 0.3) is 11.3 Å². The zero-order valence-electron chi connectivity index (χ0n) is 15.9. The molecule has 0 bridgehead atoms. The van der Waals surface area contributed by atoms with E-state index in [2.05, 4.69) is 48.1 Å². The van der Waals surface area contributed by atoms with Crippen molar-refractivity contribution in [3.05, 3.63) is 30.1 Å². The van der Waals surface area contributed by atoms with E-state index in [4.69, 9.17) is 4.98 Å². The summed E-state index contributed by atoms with van der Waals surface area (Å²) in [5.41, 5.74) is 3.79. The molecule has 0 saturated carbocycles. The van der Waals surface area contributed by atoms with E-state index in [1.165, 1.54) is 17.5 Å². The van der Waals surface area contributed by atoms with Gasteiger partial charge in [-0.25, -0.2) is 10.2 Å². The Morgan fingerprint density at radius 2 is 2.23 bits per heavy atom. The molecule has 2 aromatic heterocycles. The van der Waals surface area contributed by atoms with Gasteiger partial charge in [-0.2, -0.15) is 5.10 Å². The van der Waals surface area contributed by atoms with Gasteiger partial charge < -0.3 is 4.90 Å². The van der Waals surface area contributed by atoms with E-state index >= 15 is 0 Å². The Labute approximate surface area is 156 Å². The molecule has 4 rings (SSSR count). The van der Waals surface area contributed by atoms with Crippen LogP contribution >= 0.6 is 0 Å². The van der Waals surface area contributed by atoms with Crippen molar-refractivity contribution in [1.29, 1.82) is 5.26 Å². The van der Waals surface area contributed by atoms with Crippen LogP contribution < -0.4 is 4.90 Å². The van der Waals surface area contributed by atoms with E-state index in [0.29, 0.717) is 11.3 Å². The summed E-state index contributed by atoms with van der Waals surface area (Å²) in [6.45, 7) is 6.92. The van der Waals surface area contributed by atoms with Crippen molar-refractivity contribution in [3.63, 3.8) is 0 Å². The topological polar surface area (TPSA) is 57.7 Å². The van der Waals surface area contributed by atoms with E-state index in [1.54, 1.807) is 0 Å². The summed E-state index contributed by atoms with van der Waals surface area (Å²) in [4.78, 5) is 7.21. The second kappa shape index (κ2) is 6.46. The van der Waals surface area contributed by atoms with Crippen LogP contribution in [0.2, 0.25) is 12.6 Å². The molecule has 4 heterocycles. The van der Waals surface area contributed by atoms with Crippen molar-refractivity contribution in [3.8, 4) is 17.2 Å². The van der Waals surface area contributed by atoms with Gasteiger partial charge in [-0.05, 0) is 35.4 Å². The Hall–Kier alpha value is -2.29. The normalized spacial score (nSPS) is 22.0. The number of hydrogen-bond acceptors (Lipinski definition) is 4. The van der Waals surface area contributed by atoms with Gasteiger partial charge in [0.2, 0.25) is 0 Å². The SMILES string of the molecule is Cn1ccc(-c2cc(N3CCC(C)(C)C3)ncc2C2CCB(C#N)C2)n1. The maximum Gasteiger partial charge on any atom is 0.268 e. The van der Waals surface area contributed by atoms with Crippen LogP contribution in [0.1, 0.15) is 38.2 Å². The van der Waals surface area contributed by atoms with Gasteiger partial charge in [0, 0.05) is 44.1 Å². The molecule has 2 aliphatic rings. The monoisotopic (exact) mass is 347 g/mol. The van der Waals surface area contributed by atoms with Gasteiger partial charge in [-0.1, -0.05) is 32.9 Å². The van der Waals surface area contributed by atoms with Crippen LogP contribution in [-0.2, 0) is 7.05 Å². The maximum atomic E-state index is 9.27. The van der Waals surface area contributed by atoms with Crippen LogP contribution in [0.5, 0.6) is 0 Å². The summed E-state index contributed by atoms with van der Waals surface area (Å²) in [5, 5.41) is 13.9. The summed E-state index contributed by atoms with van der Waals surface area (Å²) < 4.78 is 1.85. The number of pyridine rings is 1. The lowest BCUT2D eigenvalue weighted by molar-refractivity contribution is 0.418. The molecule has 0 amide bonds. The molecule has 0 N–H and O–H groups in total. The Morgan fingerprint density at radius 1 is 1.38 bits per heavy atom. The van der Waals surface area contributed by atoms with Crippen LogP contribution in [0, 0.1) is 16.6 Å². The third-order valence-corrected chi connectivity index (χ3v) is 5.97. The van der Waals surface area contributed by atoms with Crippen LogP contribution in [0.4, 0.5) is 5.82 Å². The van der Waals surface area contributed by atoms with E-state index in [1.807, 2.05) is 17.9 Å². The zero-order chi connectivity index (χ0) is 18.3. The quantitative estimate of drug-likeness (QED) is 0.793. The van der Waals surface area contributed by atoms with Gasteiger partial charge in [-0.3, -0.25) is 4.68 Å². The van der Waals surface area contributed by atoms with E-state index < -0.39 is 0 Å². The van der Waals surface area contributed by atoms with Gasteiger partial charge in [0.05, 0.1) is 5.69 Å². The third-order valence-electron chi connectivity index (χ3n) is 5.97. The van der Waals surface area contributed by atoms with Crippen molar-refractivity contribution in [2.45, 2.75) is 45.2 Å². The number of nitrogens with zero attached hydrogens (tertiary/aromatic N) is 5. The number of aromatic nitrogens is 3. The van der Waals surface area contributed by atoms with Crippen molar-refractivity contribution in [2.75, 3.05) is 18.0 Å². The number of aryl methyl sites for hydroxylation is 1. The van der Waals surface area contributed by atoms with Gasteiger partial charge in [0.15, 0.2) is 0 Å².